The second-order valence-corrected chi connectivity index (χ2v) is 8.38. The van der Waals surface area contributed by atoms with Crippen LogP contribution in [-0.4, -0.2) is 5.91 Å². The van der Waals surface area contributed by atoms with Gasteiger partial charge in [0.1, 0.15) is 24.0 Å². The van der Waals surface area contributed by atoms with Gasteiger partial charge < -0.3 is 10.1 Å². The molecule has 0 aliphatic carbocycles. The van der Waals surface area contributed by atoms with Crippen molar-refractivity contribution in [3.8, 4) is 11.8 Å². The van der Waals surface area contributed by atoms with Gasteiger partial charge in [-0.2, -0.15) is 5.26 Å². The third-order valence-electron chi connectivity index (χ3n) is 4.35. The Bertz CT molecular complexity index is 1190. The first-order chi connectivity index (χ1) is 14.9. The molecular weight excluding hydrogens is 499 g/mol. The summed E-state index contributed by atoms with van der Waals surface area (Å²) in [6.45, 7) is 2.38. The van der Waals surface area contributed by atoms with Crippen molar-refractivity contribution in [1.82, 2.24) is 0 Å². The lowest BCUT2D eigenvalue weighted by Crippen LogP contribution is -2.14. The van der Waals surface area contributed by atoms with Gasteiger partial charge in [0.2, 0.25) is 0 Å². The van der Waals surface area contributed by atoms with Crippen molar-refractivity contribution in [2.24, 2.45) is 0 Å². The van der Waals surface area contributed by atoms with E-state index in [0.29, 0.717) is 28.6 Å². The van der Waals surface area contributed by atoms with Crippen LogP contribution in [0.25, 0.3) is 6.08 Å². The van der Waals surface area contributed by atoms with Crippen molar-refractivity contribution in [1.29, 1.82) is 5.26 Å². The van der Waals surface area contributed by atoms with Gasteiger partial charge in [-0.25, -0.2) is 0 Å². The first kappa shape index (κ1) is 22.9. The predicted molar refractivity (Wildman–Crippen MR) is 128 cm³/mol. The first-order valence-corrected chi connectivity index (χ1v) is 10.8. The molecular formula is C24H17BrCl2N2O2. The number of anilines is 1. The monoisotopic (exact) mass is 514 g/mol. The third-order valence-corrected chi connectivity index (χ3v) is 5.66. The molecule has 31 heavy (non-hydrogen) atoms. The van der Waals surface area contributed by atoms with E-state index in [-0.39, 0.29) is 10.6 Å². The van der Waals surface area contributed by atoms with Gasteiger partial charge in [-0.1, -0.05) is 75.0 Å². The van der Waals surface area contributed by atoms with E-state index in [9.17, 15) is 10.1 Å². The van der Waals surface area contributed by atoms with Crippen LogP contribution in [0.4, 0.5) is 5.69 Å². The van der Waals surface area contributed by atoms with Gasteiger partial charge in [-0.15, -0.1) is 0 Å². The highest BCUT2D eigenvalue weighted by Gasteiger charge is 2.14. The fourth-order valence-electron chi connectivity index (χ4n) is 2.70. The normalized spacial score (nSPS) is 11.0. The molecule has 1 N–H and O–H groups in total. The number of carbonyl (C=O) groups excluding carboxylic acids is 1. The molecule has 0 saturated carbocycles. The van der Waals surface area contributed by atoms with Crippen molar-refractivity contribution < 1.29 is 9.53 Å². The van der Waals surface area contributed by atoms with E-state index in [0.717, 1.165) is 10.0 Å². The molecule has 0 atom stereocenters. The third kappa shape index (κ3) is 6.11. The van der Waals surface area contributed by atoms with Crippen LogP contribution < -0.4 is 10.1 Å². The van der Waals surface area contributed by atoms with Crippen molar-refractivity contribution in [3.05, 3.63) is 97.4 Å². The molecule has 0 spiro atoms. The number of halogens is 3. The number of hydrogen-bond acceptors (Lipinski definition) is 3. The molecule has 0 radical (unpaired) electrons. The van der Waals surface area contributed by atoms with Gasteiger partial charge in [-0.3, -0.25) is 4.79 Å². The lowest BCUT2D eigenvalue weighted by molar-refractivity contribution is -0.112. The summed E-state index contributed by atoms with van der Waals surface area (Å²) in [4.78, 5) is 12.7. The van der Waals surface area contributed by atoms with Crippen LogP contribution in [0.2, 0.25) is 10.0 Å². The number of rotatable bonds is 6. The molecule has 0 heterocycles. The van der Waals surface area contributed by atoms with E-state index in [1.807, 2.05) is 43.3 Å². The number of nitrogens with one attached hydrogen (secondary N) is 1. The van der Waals surface area contributed by atoms with E-state index in [1.165, 1.54) is 11.6 Å². The summed E-state index contributed by atoms with van der Waals surface area (Å²) in [5.41, 5.74) is 2.99. The Morgan fingerprint density at radius 1 is 1.16 bits per heavy atom. The van der Waals surface area contributed by atoms with E-state index >= 15 is 0 Å². The predicted octanol–water partition coefficient (Wildman–Crippen LogP) is 7.19. The summed E-state index contributed by atoms with van der Waals surface area (Å²) in [7, 11) is 0. The lowest BCUT2D eigenvalue weighted by Gasteiger charge is -2.11. The van der Waals surface area contributed by atoms with Crippen LogP contribution in [0.3, 0.4) is 0 Å². The molecule has 4 nitrogen and oxygen atoms in total. The zero-order valence-corrected chi connectivity index (χ0v) is 19.6. The second kappa shape index (κ2) is 10.5. The Balaban J connectivity index is 1.84. The summed E-state index contributed by atoms with van der Waals surface area (Å²) in [6.07, 6.45) is 1.48. The van der Waals surface area contributed by atoms with Crippen LogP contribution >= 0.6 is 39.1 Å². The lowest BCUT2D eigenvalue weighted by atomic mass is 10.1. The summed E-state index contributed by atoms with van der Waals surface area (Å²) in [5.74, 6) is -0.0544. The Morgan fingerprint density at radius 2 is 1.90 bits per heavy atom. The fourth-order valence-corrected chi connectivity index (χ4v) is 3.43. The average molecular weight is 516 g/mol. The van der Waals surface area contributed by atoms with E-state index in [1.54, 1.807) is 30.3 Å². The molecule has 3 aromatic carbocycles. The highest BCUT2D eigenvalue weighted by molar-refractivity contribution is 9.10. The molecule has 0 fully saturated rings. The van der Waals surface area contributed by atoms with E-state index in [4.69, 9.17) is 27.9 Å². The Labute approximate surface area is 199 Å². The number of amides is 1. The van der Waals surface area contributed by atoms with E-state index in [2.05, 4.69) is 21.2 Å². The first-order valence-electron chi connectivity index (χ1n) is 9.22. The second-order valence-electron chi connectivity index (χ2n) is 6.68. The van der Waals surface area contributed by atoms with Crippen molar-refractivity contribution in [2.45, 2.75) is 13.5 Å². The van der Waals surface area contributed by atoms with Crippen LogP contribution in [0.15, 0.2) is 70.7 Å². The number of carbonyl (C=O) groups is 1. The van der Waals surface area contributed by atoms with Gasteiger partial charge >= 0.3 is 0 Å². The number of benzene rings is 3. The zero-order chi connectivity index (χ0) is 22.4. The summed E-state index contributed by atoms with van der Waals surface area (Å²) in [6, 6.07) is 20.2. The molecule has 156 valence electrons. The van der Waals surface area contributed by atoms with Crippen molar-refractivity contribution in [2.75, 3.05) is 5.32 Å². The number of nitrogens with zero attached hydrogens (tertiary/aromatic N) is 1. The smallest absolute Gasteiger partial charge is 0.266 e. The molecule has 3 aromatic rings. The highest BCUT2D eigenvalue weighted by Crippen LogP contribution is 2.30. The van der Waals surface area contributed by atoms with Crippen molar-refractivity contribution >= 4 is 56.8 Å². The quantitative estimate of drug-likeness (QED) is 0.279. The minimum atomic E-state index is -0.601. The van der Waals surface area contributed by atoms with Gasteiger partial charge in [0.25, 0.3) is 5.91 Å². The number of aryl methyl sites for hydroxylation is 1. The fraction of sp³-hybridized carbons (Fsp3) is 0.0833. The molecule has 0 aliphatic rings. The largest absolute Gasteiger partial charge is 0.488 e. The Morgan fingerprint density at radius 3 is 2.61 bits per heavy atom. The molecule has 1 amide bonds. The minimum Gasteiger partial charge on any atom is -0.488 e. The molecule has 3 rings (SSSR count). The summed E-state index contributed by atoms with van der Waals surface area (Å²) in [5, 5.41) is 12.7. The Kier molecular flexibility index (Phi) is 7.75. The maximum atomic E-state index is 12.7. The Hall–Kier alpha value is -2.78. The highest BCUT2D eigenvalue weighted by atomic mass is 79.9. The summed E-state index contributed by atoms with van der Waals surface area (Å²) >= 11 is 15.5. The van der Waals surface area contributed by atoms with Gasteiger partial charge in [0.05, 0.1) is 15.7 Å². The number of ether oxygens (including phenoxy) is 1. The standard InChI is InChI=1S/C24H17BrCl2N2O2/c1-15-5-7-16(8-6-15)14-31-22-10-9-19(25)12-17(22)11-18(13-28)24(30)29-21-4-2-3-20(26)23(21)27/h2-12H,14H2,1H3,(H,29,30)/b18-11-. The van der Waals surface area contributed by atoms with Crippen LogP contribution in [0.5, 0.6) is 5.75 Å². The van der Waals surface area contributed by atoms with Crippen LogP contribution in [0.1, 0.15) is 16.7 Å². The van der Waals surface area contributed by atoms with Crippen molar-refractivity contribution in [3.63, 3.8) is 0 Å². The van der Waals surface area contributed by atoms with E-state index < -0.39 is 5.91 Å². The molecule has 0 saturated heterocycles. The van der Waals surface area contributed by atoms with Crippen LogP contribution in [0, 0.1) is 18.3 Å². The maximum absolute atomic E-state index is 12.7. The van der Waals surface area contributed by atoms with Crippen LogP contribution in [-0.2, 0) is 11.4 Å². The average Bonchev–Trinajstić information content (AvgIpc) is 2.75. The number of hydrogen-bond donors (Lipinski definition) is 1. The van der Waals surface area contributed by atoms with Gasteiger partial charge in [0.15, 0.2) is 0 Å². The zero-order valence-electron chi connectivity index (χ0n) is 16.5. The minimum absolute atomic E-state index is 0.102. The molecule has 7 heteroatoms. The SMILES string of the molecule is Cc1ccc(COc2ccc(Br)cc2/C=C(/C#N)C(=O)Nc2cccc(Cl)c2Cl)cc1. The summed E-state index contributed by atoms with van der Waals surface area (Å²) < 4.78 is 6.74. The molecule has 0 aliphatic heterocycles. The maximum Gasteiger partial charge on any atom is 0.266 e. The molecule has 0 aromatic heterocycles. The van der Waals surface area contributed by atoms with Gasteiger partial charge in [-0.05, 0) is 48.9 Å². The number of nitriles is 1. The van der Waals surface area contributed by atoms with Gasteiger partial charge in [0, 0.05) is 10.0 Å². The molecule has 0 unspecified atom stereocenters. The molecule has 0 bridgehead atoms. The topological polar surface area (TPSA) is 62.1 Å².